The fourth-order valence-electron chi connectivity index (χ4n) is 2.35. The van der Waals surface area contributed by atoms with Crippen LogP contribution in [0.1, 0.15) is 0 Å². The predicted molar refractivity (Wildman–Crippen MR) is 92.6 cm³/mol. The van der Waals surface area contributed by atoms with Crippen molar-refractivity contribution >= 4 is 44.0 Å². The SMILES string of the molecule is Fc1cc[c]([Sn+]([c]2ccc(F)cc2)[c]2ccc(F)cc2)cc1.[SH-]. The molecule has 0 saturated carbocycles. The summed E-state index contributed by atoms with van der Waals surface area (Å²) in [6, 6.07) is 19.2. The van der Waals surface area contributed by atoms with Gasteiger partial charge in [0, 0.05) is 0 Å². The van der Waals surface area contributed by atoms with Gasteiger partial charge >= 0.3 is 134 Å². The number of thiol groups is 1. The van der Waals surface area contributed by atoms with Crippen molar-refractivity contribution in [3.63, 3.8) is 0 Å². The zero-order valence-corrected chi connectivity index (χ0v) is 15.8. The summed E-state index contributed by atoms with van der Waals surface area (Å²) in [5.74, 6) is -0.862. The van der Waals surface area contributed by atoms with E-state index in [-0.39, 0.29) is 30.9 Å². The third kappa shape index (κ3) is 4.32. The van der Waals surface area contributed by atoms with Crippen molar-refractivity contribution in [2.75, 3.05) is 0 Å². The number of benzene rings is 3. The molecule has 0 radical (unpaired) electrons. The van der Waals surface area contributed by atoms with E-state index in [9.17, 15) is 13.2 Å². The molecule has 0 amide bonds. The first-order valence-corrected chi connectivity index (χ1v) is 11.1. The smallest absolute Gasteiger partial charge is 0.813 e. The monoisotopic (exact) mass is 438 g/mol. The van der Waals surface area contributed by atoms with Crippen LogP contribution in [0.25, 0.3) is 0 Å². The van der Waals surface area contributed by atoms with E-state index in [0.29, 0.717) is 0 Å². The standard InChI is InChI=1S/3C6H4F.H2S.Sn/c3*7-6-4-2-1-3-5-6;;/h3*2-5H;1H2;/q;;;;+1/p-1. The molecule has 0 saturated heterocycles. The minimum atomic E-state index is -2.56. The first kappa shape index (κ1) is 17.9. The van der Waals surface area contributed by atoms with E-state index in [1.807, 2.05) is 0 Å². The topological polar surface area (TPSA) is 0 Å². The maximum absolute atomic E-state index is 13.2. The number of rotatable bonds is 3. The Labute approximate surface area is 147 Å². The first-order valence-electron chi connectivity index (χ1n) is 6.78. The molecule has 0 N–H and O–H groups in total. The molecule has 0 unspecified atom stereocenters. The Bertz CT molecular complexity index is 648. The van der Waals surface area contributed by atoms with Gasteiger partial charge in [-0.15, -0.1) is 0 Å². The van der Waals surface area contributed by atoms with E-state index in [1.165, 1.54) is 36.4 Å². The molecule has 23 heavy (non-hydrogen) atoms. The van der Waals surface area contributed by atoms with Gasteiger partial charge in [-0.25, -0.2) is 0 Å². The fourth-order valence-corrected chi connectivity index (χ4v) is 9.48. The third-order valence-corrected chi connectivity index (χ3v) is 11.2. The van der Waals surface area contributed by atoms with E-state index in [2.05, 4.69) is 0 Å². The van der Waals surface area contributed by atoms with Crippen LogP contribution < -0.4 is 10.7 Å². The Kier molecular flexibility index (Phi) is 6.18. The molecule has 3 aromatic carbocycles. The van der Waals surface area contributed by atoms with Crippen LogP contribution in [0.3, 0.4) is 0 Å². The second-order valence-corrected chi connectivity index (χ2v) is 12.0. The average molecular weight is 437 g/mol. The van der Waals surface area contributed by atoms with Crippen LogP contribution in [0, 0.1) is 17.5 Å². The Hall–Kier alpha value is -1.40. The molecular formula is C18H13F3SSn. The third-order valence-electron chi connectivity index (χ3n) is 3.40. The molecule has 0 aliphatic heterocycles. The Morgan fingerprint density at radius 1 is 0.435 bits per heavy atom. The summed E-state index contributed by atoms with van der Waals surface area (Å²) in [6.07, 6.45) is 0. The molecule has 0 aliphatic rings. The number of halogens is 3. The minimum Gasteiger partial charge on any atom is -0.813 e. The van der Waals surface area contributed by atoms with Crippen LogP contribution in [0.2, 0.25) is 0 Å². The molecule has 0 heterocycles. The van der Waals surface area contributed by atoms with Gasteiger partial charge in [0.15, 0.2) is 0 Å². The van der Waals surface area contributed by atoms with Gasteiger partial charge in [-0.05, 0) is 0 Å². The molecule has 3 aromatic rings. The van der Waals surface area contributed by atoms with Gasteiger partial charge in [0.2, 0.25) is 0 Å². The summed E-state index contributed by atoms with van der Waals surface area (Å²) in [5, 5.41) is 0. The first-order chi connectivity index (χ1) is 10.6. The number of hydrogen-bond donors (Lipinski definition) is 0. The maximum Gasteiger partial charge on any atom is -0.813 e. The van der Waals surface area contributed by atoms with Crippen LogP contribution in [0.15, 0.2) is 72.8 Å². The second-order valence-electron chi connectivity index (χ2n) is 4.90. The van der Waals surface area contributed by atoms with Crippen molar-refractivity contribution in [2.45, 2.75) is 0 Å². The van der Waals surface area contributed by atoms with Gasteiger partial charge in [0.05, 0.1) is 0 Å². The van der Waals surface area contributed by atoms with Gasteiger partial charge < -0.3 is 13.5 Å². The molecule has 0 spiro atoms. The van der Waals surface area contributed by atoms with E-state index >= 15 is 0 Å². The van der Waals surface area contributed by atoms with E-state index in [4.69, 9.17) is 0 Å². The van der Waals surface area contributed by atoms with Crippen molar-refractivity contribution in [1.29, 1.82) is 0 Å². The van der Waals surface area contributed by atoms with Gasteiger partial charge in [-0.1, -0.05) is 0 Å². The quantitative estimate of drug-likeness (QED) is 0.345. The molecular weight excluding hydrogens is 424 g/mol. The summed E-state index contributed by atoms with van der Waals surface area (Å²) in [4.78, 5) is 0. The van der Waals surface area contributed by atoms with Crippen molar-refractivity contribution in [1.82, 2.24) is 0 Å². The summed E-state index contributed by atoms with van der Waals surface area (Å²) in [7, 11) is 0. The molecule has 116 valence electrons. The predicted octanol–water partition coefficient (Wildman–Crippen LogP) is 2.35. The fraction of sp³-hybridized carbons (Fsp3) is 0. The van der Waals surface area contributed by atoms with Crippen LogP contribution in [0.4, 0.5) is 13.2 Å². The Balaban J connectivity index is 0.00000192. The Morgan fingerprint density at radius 2 is 0.652 bits per heavy atom. The van der Waals surface area contributed by atoms with Gasteiger partial charge in [-0.3, -0.25) is 0 Å². The molecule has 3 rings (SSSR count). The number of hydrogen-bond acceptors (Lipinski definition) is 1. The molecule has 0 nitrogen and oxygen atoms in total. The molecule has 0 fully saturated rings. The van der Waals surface area contributed by atoms with Gasteiger partial charge in [0.25, 0.3) is 0 Å². The summed E-state index contributed by atoms with van der Waals surface area (Å²) < 4.78 is 42.7. The Morgan fingerprint density at radius 3 is 0.870 bits per heavy atom. The van der Waals surface area contributed by atoms with Gasteiger partial charge in [0.1, 0.15) is 0 Å². The van der Waals surface area contributed by atoms with E-state index in [0.717, 1.165) is 10.7 Å². The molecule has 5 heteroatoms. The van der Waals surface area contributed by atoms with E-state index < -0.39 is 19.8 Å². The maximum atomic E-state index is 13.2. The van der Waals surface area contributed by atoms with Gasteiger partial charge in [-0.2, -0.15) is 0 Å². The largest absolute Gasteiger partial charge is 0.813 e. The van der Waals surface area contributed by atoms with Crippen LogP contribution >= 0.6 is 0 Å². The van der Waals surface area contributed by atoms with Crippen LogP contribution in [-0.2, 0) is 13.5 Å². The zero-order valence-electron chi connectivity index (χ0n) is 12.0. The molecule has 0 aromatic heterocycles. The van der Waals surface area contributed by atoms with Crippen LogP contribution in [0.5, 0.6) is 0 Å². The van der Waals surface area contributed by atoms with Crippen LogP contribution in [-0.4, -0.2) is 19.8 Å². The normalized spacial score (nSPS) is 10.0. The van der Waals surface area contributed by atoms with Crippen molar-refractivity contribution in [3.05, 3.63) is 90.2 Å². The summed E-state index contributed by atoms with van der Waals surface area (Å²) in [5.41, 5.74) is 0. The van der Waals surface area contributed by atoms with Crippen molar-refractivity contribution in [3.8, 4) is 0 Å². The molecule has 0 atom stereocenters. The molecule has 0 aliphatic carbocycles. The average Bonchev–Trinajstić information content (AvgIpc) is 2.53. The zero-order chi connectivity index (χ0) is 15.5. The molecule has 0 bridgehead atoms. The summed E-state index contributed by atoms with van der Waals surface area (Å²) >= 11 is -2.56. The van der Waals surface area contributed by atoms with Crippen molar-refractivity contribution < 1.29 is 13.2 Å². The summed E-state index contributed by atoms with van der Waals surface area (Å²) in [6.45, 7) is 0. The minimum absolute atomic E-state index is 0. The second kappa shape index (κ2) is 7.92. The van der Waals surface area contributed by atoms with E-state index in [1.54, 1.807) is 36.4 Å². The van der Waals surface area contributed by atoms with Crippen molar-refractivity contribution in [2.24, 2.45) is 0 Å².